The number of carboxylic acid groups (broad SMARTS) is 1. The number of aromatic nitrogens is 2. The standard InChI is InChI=1S/C16H14N4O4S/c17-12-6-13(19-25(23,24)15-4-2-1-3-5-15)8-14(7-12)20-10-11(9-18-20)16(21)22/h1-10,19H,17H2,(H,21,22). The van der Waals surface area contributed by atoms with Crippen LogP contribution in [0.1, 0.15) is 10.4 Å². The predicted octanol–water partition coefficient (Wildman–Crippen LogP) is 1.95. The van der Waals surface area contributed by atoms with Crippen molar-refractivity contribution in [2.24, 2.45) is 0 Å². The van der Waals surface area contributed by atoms with Gasteiger partial charge in [0.1, 0.15) is 0 Å². The van der Waals surface area contributed by atoms with Gasteiger partial charge in [0.25, 0.3) is 10.0 Å². The van der Waals surface area contributed by atoms with Crippen molar-refractivity contribution in [3.63, 3.8) is 0 Å². The van der Waals surface area contributed by atoms with Crippen LogP contribution in [0.3, 0.4) is 0 Å². The molecule has 0 fully saturated rings. The summed E-state index contributed by atoms with van der Waals surface area (Å²) in [5.41, 5.74) is 6.81. The number of hydrogen-bond donors (Lipinski definition) is 3. The Kier molecular flexibility index (Phi) is 4.15. The fourth-order valence-corrected chi connectivity index (χ4v) is 3.28. The summed E-state index contributed by atoms with van der Waals surface area (Å²) in [6.07, 6.45) is 2.51. The SMILES string of the molecule is Nc1cc(NS(=O)(=O)c2ccccc2)cc(-n2cc(C(=O)O)cn2)c1. The normalized spacial score (nSPS) is 11.2. The highest BCUT2D eigenvalue weighted by Crippen LogP contribution is 2.22. The molecule has 128 valence electrons. The van der Waals surface area contributed by atoms with Crippen molar-refractivity contribution in [2.45, 2.75) is 4.90 Å². The van der Waals surface area contributed by atoms with Crippen LogP contribution in [0, 0.1) is 0 Å². The summed E-state index contributed by atoms with van der Waals surface area (Å²) in [5, 5.41) is 12.9. The Morgan fingerprint density at radius 1 is 1.16 bits per heavy atom. The van der Waals surface area contributed by atoms with E-state index in [9.17, 15) is 13.2 Å². The Labute approximate surface area is 143 Å². The molecular weight excluding hydrogens is 344 g/mol. The molecule has 0 aliphatic carbocycles. The number of benzene rings is 2. The highest BCUT2D eigenvalue weighted by atomic mass is 32.2. The van der Waals surface area contributed by atoms with Gasteiger partial charge in [-0.2, -0.15) is 5.10 Å². The van der Waals surface area contributed by atoms with E-state index >= 15 is 0 Å². The smallest absolute Gasteiger partial charge is 0.338 e. The number of carbonyl (C=O) groups is 1. The number of nitrogens with two attached hydrogens (primary N) is 1. The molecule has 25 heavy (non-hydrogen) atoms. The van der Waals surface area contributed by atoms with Crippen LogP contribution in [0.15, 0.2) is 65.8 Å². The second-order valence-corrected chi connectivity index (χ2v) is 6.89. The topological polar surface area (TPSA) is 127 Å². The number of sulfonamides is 1. The van der Waals surface area contributed by atoms with E-state index in [1.807, 2.05) is 0 Å². The third-order valence-electron chi connectivity index (χ3n) is 3.34. The third-order valence-corrected chi connectivity index (χ3v) is 4.74. The quantitative estimate of drug-likeness (QED) is 0.598. The second-order valence-electron chi connectivity index (χ2n) is 5.21. The zero-order valence-corrected chi connectivity index (χ0v) is 13.6. The highest BCUT2D eigenvalue weighted by molar-refractivity contribution is 7.92. The molecule has 8 nitrogen and oxygen atoms in total. The first-order valence-electron chi connectivity index (χ1n) is 7.12. The molecule has 0 aliphatic rings. The number of nitrogen functional groups attached to an aromatic ring is 1. The van der Waals surface area contributed by atoms with Crippen molar-refractivity contribution in [3.8, 4) is 5.69 Å². The third kappa shape index (κ3) is 3.61. The van der Waals surface area contributed by atoms with E-state index in [0.29, 0.717) is 11.4 Å². The maximum atomic E-state index is 12.4. The lowest BCUT2D eigenvalue weighted by Gasteiger charge is -2.11. The number of aromatic carboxylic acids is 1. The van der Waals surface area contributed by atoms with Crippen LogP contribution < -0.4 is 10.5 Å². The highest BCUT2D eigenvalue weighted by Gasteiger charge is 2.15. The van der Waals surface area contributed by atoms with E-state index in [0.717, 1.165) is 0 Å². The lowest BCUT2D eigenvalue weighted by atomic mass is 10.2. The summed E-state index contributed by atoms with van der Waals surface area (Å²) >= 11 is 0. The molecule has 0 bridgehead atoms. The molecule has 0 unspecified atom stereocenters. The molecule has 3 rings (SSSR count). The first-order valence-corrected chi connectivity index (χ1v) is 8.60. The molecule has 0 spiro atoms. The van der Waals surface area contributed by atoms with Gasteiger partial charge < -0.3 is 10.8 Å². The molecule has 1 heterocycles. The molecule has 4 N–H and O–H groups in total. The van der Waals surface area contributed by atoms with Gasteiger partial charge >= 0.3 is 5.97 Å². The Bertz CT molecular complexity index is 1030. The van der Waals surface area contributed by atoms with Gasteiger partial charge in [-0.05, 0) is 30.3 Å². The van der Waals surface area contributed by atoms with Gasteiger partial charge in [-0.1, -0.05) is 18.2 Å². The van der Waals surface area contributed by atoms with Crippen LogP contribution in [0.2, 0.25) is 0 Å². The summed E-state index contributed by atoms with van der Waals surface area (Å²) in [6, 6.07) is 12.4. The Morgan fingerprint density at radius 2 is 1.88 bits per heavy atom. The number of rotatable bonds is 5. The van der Waals surface area contributed by atoms with Crippen LogP contribution in [0.25, 0.3) is 5.69 Å². The van der Waals surface area contributed by atoms with Gasteiger partial charge in [-0.25, -0.2) is 17.9 Å². The molecule has 0 amide bonds. The van der Waals surface area contributed by atoms with Gasteiger partial charge in [0.05, 0.1) is 28.0 Å². The number of hydrogen-bond acceptors (Lipinski definition) is 5. The largest absolute Gasteiger partial charge is 0.478 e. The summed E-state index contributed by atoms with van der Waals surface area (Å²) in [6.45, 7) is 0. The first-order chi connectivity index (χ1) is 11.8. The molecule has 0 saturated heterocycles. The lowest BCUT2D eigenvalue weighted by molar-refractivity contribution is 0.0697. The fraction of sp³-hybridized carbons (Fsp3) is 0. The fourth-order valence-electron chi connectivity index (χ4n) is 2.21. The van der Waals surface area contributed by atoms with Crippen LogP contribution in [-0.4, -0.2) is 29.3 Å². The lowest BCUT2D eigenvalue weighted by Crippen LogP contribution is -2.13. The van der Waals surface area contributed by atoms with Gasteiger partial charge in [0.15, 0.2) is 0 Å². The van der Waals surface area contributed by atoms with Crippen molar-refractivity contribution in [1.29, 1.82) is 0 Å². The molecule has 0 atom stereocenters. The van der Waals surface area contributed by atoms with Gasteiger partial charge in [-0.3, -0.25) is 4.72 Å². The van der Waals surface area contributed by atoms with Crippen molar-refractivity contribution in [3.05, 3.63) is 66.5 Å². The zero-order valence-electron chi connectivity index (χ0n) is 12.8. The molecule has 3 aromatic rings. The first kappa shape index (κ1) is 16.5. The molecule has 0 saturated carbocycles. The molecule has 0 radical (unpaired) electrons. The Morgan fingerprint density at radius 3 is 2.52 bits per heavy atom. The minimum atomic E-state index is -3.77. The minimum absolute atomic E-state index is 0.00819. The predicted molar refractivity (Wildman–Crippen MR) is 92.2 cm³/mol. The van der Waals surface area contributed by atoms with Crippen LogP contribution >= 0.6 is 0 Å². The Balaban J connectivity index is 1.95. The van der Waals surface area contributed by atoms with E-state index in [2.05, 4.69) is 9.82 Å². The van der Waals surface area contributed by atoms with Crippen LogP contribution in [0.4, 0.5) is 11.4 Å². The van der Waals surface area contributed by atoms with Gasteiger partial charge in [-0.15, -0.1) is 0 Å². The summed E-state index contributed by atoms with van der Waals surface area (Å²) in [7, 11) is -3.77. The van der Waals surface area contributed by atoms with E-state index in [4.69, 9.17) is 10.8 Å². The van der Waals surface area contributed by atoms with E-state index in [-0.39, 0.29) is 16.1 Å². The van der Waals surface area contributed by atoms with Crippen molar-refractivity contribution in [2.75, 3.05) is 10.5 Å². The number of nitrogens with one attached hydrogen (secondary N) is 1. The summed E-state index contributed by atoms with van der Waals surface area (Å²) in [5.74, 6) is -1.11. The molecule has 1 aromatic heterocycles. The molecule has 2 aromatic carbocycles. The zero-order chi connectivity index (χ0) is 18.0. The van der Waals surface area contributed by atoms with Gasteiger partial charge in [0, 0.05) is 11.9 Å². The molecule has 9 heteroatoms. The molecular formula is C16H14N4O4S. The number of nitrogens with zero attached hydrogens (tertiary/aromatic N) is 2. The van der Waals surface area contributed by atoms with E-state index in [1.165, 1.54) is 41.3 Å². The maximum Gasteiger partial charge on any atom is 0.338 e. The van der Waals surface area contributed by atoms with Crippen molar-refractivity contribution < 1.29 is 18.3 Å². The second kappa shape index (κ2) is 6.29. The average Bonchev–Trinajstić information content (AvgIpc) is 3.05. The van der Waals surface area contributed by atoms with Crippen molar-refractivity contribution in [1.82, 2.24) is 9.78 Å². The van der Waals surface area contributed by atoms with E-state index < -0.39 is 16.0 Å². The number of anilines is 2. The summed E-state index contributed by atoms with van der Waals surface area (Å²) in [4.78, 5) is 11.1. The minimum Gasteiger partial charge on any atom is -0.478 e. The monoisotopic (exact) mass is 358 g/mol. The van der Waals surface area contributed by atoms with Crippen LogP contribution in [-0.2, 0) is 10.0 Å². The van der Waals surface area contributed by atoms with Crippen molar-refractivity contribution >= 4 is 27.4 Å². The van der Waals surface area contributed by atoms with Crippen LogP contribution in [0.5, 0.6) is 0 Å². The van der Waals surface area contributed by atoms with Gasteiger partial charge in [0.2, 0.25) is 0 Å². The average molecular weight is 358 g/mol. The Hall–Kier alpha value is -3.33. The number of carboxylic acids is 1. The van der Waals surface area contributed by atoms with E-state index in [1.54, 1.807) is 24.3 Å². The maximum absolute atomic E-state index is 12.4. The molecule has 0 aliphatic heterocycles. The summed E-state index contributed by atoms with van der Waals surface area (Å²) < 4.78 is 28.6.